The summed E-state index contributed by atoms with van der Waals surface area (Å²) in [4.78, 5) is 0. The zero-order valence-electron chi connectivity index (χ0n) is 10.5. The number of hydrogen-bond acceptors (Lipinski definition) is 2. The number of fused-ring (bicyclic) bond motifs is 1. The second kappa shape index (κ2) is 4.35. The van der Waals surface area contributed by atoms with Gasteiger partial charge in [-0.05, 0) is 41.4 Å². The van der Waals surface area contributed by atoms with E-state index in [-0.39, 0.29) is 6.04 Å². The highest BCUT2D eigenvalue weighted by molar-refractivity contribution is 9.10. The predicted octanol–water partition coefficient (Wildman–Crippen LogP) is 3.28. The van der Waals surface area contributed by atoms with E-state index in [9.17, 15) is 0 Å². The number of aromatic nitrogens is 1. The first-order valence-corrected chi connectivity index (χ1v) is 6.35. The zero-order chi connectivity index (χ0) is 12.7. The fourth-order valence-corrected chi connectivity index (χ4v) is 3.48. The summed E-state index contributed by atoms with van der Waals surface area (Å²) in [5.41, 5.74) is 9.43. The number of benzene rings is 1. The third-order valence-corrected chi connectivity index (χ3v) is 3.94. The van der Waals surface area contributed by atoms with E-state index in [0.29, 0.717) is 0 Å². The van der Waals surface area contributed by atoms with Crippen molar-refractivity contribution in [3.63, 3.8) is 0 Å². The molecule has 0 saturated carbocycles. The third-order valence-electron chi connectivity index (χ3n) is 3.14. The molecule has 1 aromatic heterocycles. The summed E-state index contributed by atoms with van der Waals surface area (Å²) >= 11 is 3.66. The number of aryl methyl sites for hydroxylation is 2. The Morgan fingerprint density at radius 2 is 2.06 bits per heavy atom. The number of hydrogen-bond donors (Lipinski definition) is 1. The van der Waals surface area contributed by atoms with Gasteiger partial charge >= 0.3 is 0 Å². The molecule has 1 atom stereocenters. The summed E-state index contributed by atoms with van der Waals surface area (Å²) in [5, 5.41) is 1.18. The van der Waals surface area contributed by atoms with Crippen molar-refractivity contribution in [1.29, 1.82) is 0 Å². The number of rotatable bonds is 2. The highest BCUT2D eigenvalue weighted by Crippen LogP contribution is 2.39. The lowest BCUT2D eigenvalue weighted by atomic mass is 10.1. The molecule has 3 nitrogen and oxygen atoms in total. The average molecular weight is 297 g/mol. The normalized spacial score (nSPS) is 13.1. The van der Waals surface area contributed by atoms with Crippen molar-refractivity contribution >= 4 is 26.8 Å². The van der Waals surface area contributed by atoms with Crippen LogP contribution in [-0.2, 0) is 7.05 Å². The van der Waals surface area contributed by atoms with Crippen molar-refractivity contribution < 1.29 is 4.74 Å². The Morgan fingerprint density at radius 3 is 2.59 bits per heavy atom. The Hall–Kier alpha value is -1.00. The molecule has 2 N–H and O–H groups in total. The lowest BCUT2D eigenvalue weighted by Crippen LogP contribution is -2.10. The fourth-order valence-electron chi connectivity index (χ4n) is 2.35. The van der Waals surface area contributed by atoms with Crippen LogP contribution in [0.4, 0.5) is 0 Å². The Bertz CT molecular complexity index is 573. The van der Waals surface area contributed by atoms with Crippen LogP contribution >= 0.6 is 15.9 Å². The second-order valence-corrected chi connectivity index (χ2v) is 5.15. The molecule has 0 saturated heterocycles. The molecule has 0 fully saturated rings. The molecule has 0 radical (unpaired) electrons. The lowest BCUT2D eigenvalue weighted by Gasteiger charge is -2.09. The van der Waals surface area contributed by atoms with E-state index in [2.05, 4.69) is 33.5 Å². The molecule has 1 heterocycles. The molecule has 1 aromatic carbocycles. The molecular formula is C13H17BrN2O. The largest absolute Gasteiger partial charge is 0.495 e. The number of nitrogens with two attached hydrogens (primary N) is 1. The number of nitrogens with zero attached hydrogens (tertiary/aromatic N) is 1. The summed E-state index contributed by atoms with van der Waals surface area (Å²) in [6.07, 6.45) is 0. The van der Waals surface area contributed by atoms with E-state index in [4.69, 9.17) is 10.5 Å². The molecule has 0 aliphatic rings. The molecule has 92 valence electrons. The molecule has 0 spiro atoms. The molecule has 1 unspecified atom stereocenters. The van der Waals surface area contributed by atoms with Crippen molar-refractivity contribution in [3.8, 4) is 5.75 Å². The molecule has 2 aromatic rings. The topological polar surface area (TPSA) is 40.2 Å². The van der Waals surface area contributed by atoms with E-state index in [0.717, 1.165) is 21.4 Å². The van der Waals surface area contributed by atoms with E-state index in [1.165, 1.54) is 10.9 Å². The van der Waals surface area contributed by atoms with Gasteiger partial charge in [0, 0.05) is 28.6 Å². The van der Waals surface area contributed by atoms with Gasteiger partial charge in [0.1, 0.15) is 5.75 Å². The van der Waals surface area contributed by atoms with Crippen LogP contribution in [0, 0.1) is 6.92 Å². The molecule has 0 aliphatic carbocycles. The maximum atomic E-state index is 6.03. The van der Waals surface area contributed by atoms with Crippen molar-refractivity contribution in [2.24, 2.45) is 12.8 Å². The van der Waals surface area contributed by atoms with Gasteiger partial charge in [-0.1, -0.05) is 6.07 Å². The number of ether oxygens (including phenoxy) is 1. The molecule has 4 heteroatoms. The van der Waals surface area contributed by atoms with Gasteiger partial charge in [0.2, 0.25) is 0 Å². The first kappa shape index (κ1) is 12.5. The second-order valence-electron chi connectivity index (χ2n) is 4.36. The van der Waals surface area contributed by atoms with Gasteiger partial charge in [-0.25, -0.2) is 0 Å². The fraction of sp³-hybridized carbons (Fsp3) is 0.385. The van der Waals surface area contributed by atoms with Gasteiger partial charge in [0.05, 0.1) is 12.6 Å². The van der Waals surface area contributed by atoms with E-state index in [1.54, 1.807) is 7.11 Å². The monoisotopic (exact) mass is 296 g/mol. The zero-order valence-corrected chi connectivity index (χ0v) is 12.1. The highest BCUT2D eigenvalue weighted by atomic mass is 79.9. The van der Waals surface area contributed by atoms with Gasteiger partial charge in [0.25, 0.3) is 0 Å². The number of methoxy groups -OCH3 is 1. The van der Waals surface area contributed by atoms with Crippen LogP contribution < -0.4 is 10.5 Å². The smallest absolute Gasteiger partial charge is 0.143 e. The average Bonchev–Trinajstić information content (AvgIpc) is 2.53. The highest BCUT2D eigenvalue weighted by Gasteiger charge is 2.20. The number of halogens is 1. The first-order valence-electron chi connectivity index (χ1n) is 5.56. The van der Waals surface area contributed by atoms with Crippen LogP contribution in [0.3, 0.4) is 0 Å². The standard InChI is InChI=1S/C13H17BrN2O/c1-7-5-6-9(17-4)13-10(7)11(14)12(8(2)15)16(13)3/h5-6,8H,15H2,1-4H3. The summed E-state index contributed by atoms with van der Waals surface area (Å²) in [5.74, 6) is 0.876. The maximum absolute atomic E-state index is 6.03. The summed E-state index contributed by atoms with van der Waals surface area (Å²) in [7, 11) is 3.71. The van der Waals surface area contributed by atoms with Crippen LogP contribution in [0.1, 0.15) is 24.2 Å². The van der Waals surface area contributed by atoms with Gasteiger partial charge in [-0.2, -0.15) is 0 Å². The van der Waals surface area contributed by atoms with Crippen molar-refractivity contribution in [1.82, 2.24) is 4.57 Å². The van der Waals surface area contributed by atoms with Crippen LogP contribution in [0.5, 0.6) is 5.75 Å². The third kappa shape index (κ3) is 1.76. The molecule has 17 heavy (non-hydrogen) atoms. The van der Waals surface area contributed by atoms with Gasteiger partial charge in [0.15, 0.2) is 0 Å². The minimum absolute atomic E-state index is 0.0223. The Labute approximate surface area is 110 Å². The molecule has 0 bridgehead atoms. The summed E-state index contributed by atoms with van der Waals surface area (Å²) in [6.45, 7) is 4.08. The van der Waals surface area contributed by atoms with E-state index >= 15 is 0 Å². The SMILES string of the molecule is COc1ccc(C)c2c(Br)c(C(C)N)n(C)c12. The summed E-state index contributed by atoms with van der Waals surface area (Å²) in [6, 6.07) is 4.04. The van der Waals surface area contributed by atoms with Crippen molar-refractivity contribution in [2.45, 2.75) is 19.9 Å². The predicted molar refractivity (Wildman–Crippen MR) is 74.5 cm³/mol. The van der Waals surface area contributed by atoms with Crippen LogP contribution in [0.25, 0.3) is 10.9 Å². The van der Waals surface area contributed by atoms with Gasteiger partial charge in [-0.3, -0.25) is 0 Å². The van der Waals surface area contributed by atoms with Gasteiger partial charge in [-0.15, -0.1) is 0 Å². The van der Waals surface area contributed by atoms with Crippen molar-refractivity contribution in [2.75, 3.05) is 7.11 Å². The quantitative estimate of drug-likeness (QED) is 0.924. The molecule has 0 aliphatic heterocycles. The van der Waals surface area contributed by atoms with Crippen LogP contribution in [-0.4, -0.2) is 11.7 Å². The molecule has 0 amide bonds. The van der Waals surface area contributed by atoms with Gasteiger partial charge < -0.3 is 15.0 Å². The first-order chi connectivity index (χ1) is 7.99. The minimum Gasteiger partial charge on any atom is -0.495 e. The van der Waals surface area contributed by atoms with Crippen LogP contribution in [0.2, 0.25) is 0 Å². The molecular weight excluding hydrogens is 280 g/mol. The lowest BCUT2D eigenvalue weighted by molar-refractivity contribution is 0.417. The Kier molecular flexibility index (Phi) is 3.19. The Morgan fingerprint density at radius 1 is 1.41 bits per heavy atom. The maximum Gasteiger partial charge on any atom is 0.143 e. The minimum atomic E-state index is -0.0223. The van der Waals surface area contributed by atoms with Crippen molar-refractivity contribution in [3.05, 3.63) is 27.9 Å². The van der Waals surface area contributed by atoms with E-state index < -0.39 is 0 Å². The van der Waals surface area contributed by atoms with E-state index in [1.807, 2.05) is 20.0 Å². The summed E-state index contributed by atoms with van der Waals surface area (Å²) < 4.78 is 8.61. The van der Waals surface area contributed by atoms with Crippen LogP contribution in [0.15, 0.2) is 16.6 Å². The molecule has 2 rings (SSSR count). The Balaban J connectivity index is 2.95.